The average molecular weight is 197 g/mol. The van der Waals surface area contributed by atoms with E-state index < -0.39 is 0 Å². The van der Waals surface area contributed by atoms with Crippen LogP contribution in [0.5, 0.6) is 0 Å². The fourth-order valence-electron chi connectivity index (χ4n) is 2.15. The van der Waals surface area contributed by atoms with E-state index >= 15 is 0 Å². The number of hydrogen-bond donors (Lipinski definition) is 0. The van der Waals surface area contributed by atoms with Gasteiger partial charge in [-0.3, -0.25) is 4.79 Å². The van der Waals surface area contributed by atoms with E-state index in [-0.39, 0.29) is 0 Å². The third-order valence-corrected chi connectivity index (χ3v) is 3.24. The summed E-state index contributed by atoms with van der Waals surface area (Å²) in [6.07, 6.45) is 6.13. The first-order chi connectivity index (χ1) is 6.74. The molecule has 0 aliphatic carbocycles. The van der Waals surface area contributed by atoms with Gasteiger partial charge >= 0.3 is 0 Å². The van der Waals surface area contributed by atoms with Gasteiger partial charge in [-0.2, -0.15) is 0 Å². The lowest BCUT2D eigenvalue weighted by atomic mass is 9.93. The summed E-state index contributed by atoms with van der Waals surface area (Å²) in [5.74, 6) is 0.746. The number of carbonyl (C=O) groups is 1. The molecule has 0 unspecified atom stereocenters. The minimum atomic E-state index is 0.359. The Hall–Kier alpha value is -0.370. The number of ketones is 1. The van der Waals surface area contributed by atoms with E-state index in [0.717, 1.165) is 25.9 Å². The van der Waals surface area contributed by atoms with E-state index in [2.05, 4.69) is 11.8 Å². The van der Waals surface area contributed by atoms with Crippen molar-refractivity contribution in [2.75, 3.05) is 19.6 Å². The van der Waals surface area contributed by atoms with E-state index in [9.17, 15) is 4.79 Å². The maximum absolute atomic E-state index is 11.1. The first-order valence-corrected chi connectivity index (χ1v) is 5.97. The van der Waals surface area contributed by atoms with E-state index in [4.69, 9.17) is 0 Å². The van der Waals surface area contributed by atoms with Crippen molar-refractivity contribution >= 4 is 5.78 Å². The van der Waals surface area contributed by atoms with Crippen LogP contribution in [-0.2, 0) is 4.79 Å². The second-order valence-electron chi connectivity index (χ2n) is 4.43. The zero-order valence-corrected chi connectivity index (χ0v) is 9.59. The van der Waals surface area contributed by atoms with Crippen LogP contribution in [0.25, 0.3) is 0 Å². The van der Waals surface area contributed by atoms with Crippen molar-refractivity contribution in [1.29, 1.82) is 0 Å². The standard InChI is InChI=1S/C12H23NO/c1-3-4-5-8-13-9-6-12(7-10-13)11(2)14/h12H,3-10H2,1-2H3. The summed E-state index contributed by atoms with van der Waals surface area (Å²) in [6, 6.07) is 0. The number of likely N-dealkylation sites (tertiary alicyclic amines) is 1. The molecule has 0 N–H and O–H groups in total. The van der Waals surface area contributed by atoms with Gasteiger partial charge < -0.3 is 4.90 Å². The molecular weight excluding hydrogens is 174 g/mol. The highest BCUT2D eigenvalue weighted by atomic mass is 16.1. The number of Topliss-reactive ketones (excluding diaryl/α,β-unsaturated/α-hetero) is 1. The zero-order valence-electron chi connectivity index (χ0n) is 9.59. The highest BCUT2D eigenvalue weighted by Crippen LogP contribution is 2.18. The zero-order chi connectivity index (χ0) is 10.4. The Morgan fingerprint density at radius 1 is 1.29 bits per heavy atom. The fourth-order valence-corrected chi connectivity index (χ4v) is 2.15. The Morgan fingerprint density at radius 3 is 2.43 bits per heavy atom. The molecule has 0 saturated carbocycles. The van der Waals surface area contributed by atoms with Gasteiger partial charge in [-0.1, -0.05) is 19.8 Å². The molecule has 0 spiro atoms. The molecule has 2 heteroatoms. The van der Waals surface area contributed by atoms with Crippen LogP contribution in [0, 0.1) is 5.92 Å². The largest absolute Gasteiger partial charge is 0.303 e. The van der Waals surface area contributed by atoms with E-state index in [0.29, 0.717) is 11.7 Å². The minimum absolute atomic E-state index is 0.359. The number of rotatable bonds is 5. The Balaban J connectivity index is 2.12. The Labute approximate surface area is 87.7 Å². The quantitative estimate of drug-likeness (QED) is 0.631. The van der Waals surface area contributed by atoms with Gasteiger partial charge in [-0.25, -0.2) is 0 Å². The van der Waals surface area contributed by atoms with Crippen molar-refractivity contribution in [3.8, 4) is 0 Å². The summed E-state index contributed by atoms with van der Waals surface area (Å²) < 4.78 is 0. The number of nitrogens with zero attached hydrogens (tertiary/aromatic N) is 1. The highest BCUT2D eigenvalue weighted by Gasteiger charge is 2.21. The van der Waals surface area contributed by atoms with Crippen LogP contribution in [-0.4, -0.2) is 30.3 Å². The van der Waals surface area contributed by atoms with Gasteiger partial charge in [0.1, 0.15) is 5.78 Å². The van der Waals surface area contributed by atoms with Crippen molar-refractivity contribution in [3.05, 3.63) is 0 Å². The molecule has 1 aliphatic rings. The first kappa shape index (κ1) is 11.7. The lowest BCUT2D eigenvalue weighted by Crippen LogP contribution is -2.36. The lowest BCUT2D eigenvalue weighted by molar-refractivity contribution is -0.122. The Bertz CT molecular complexity index is 171. The summed E-state index contributed by atoms with van der Waals surface area (Å²) in [6.45, 7) is 7.47. The predicted octanol–water partition coefficient (Wildman–Crippen LogP) is 2.48. The van der Waals surface area contributed by atoms with Crippen molar-refractivity contribution in [1.82, 2.24) is 4.90 Å². The molecule has 1 rings (SSSR count). The number of piperidine rings is 1. The number of carbonyl (C=O) groups excluding carboxylic acids is 1. The highest BCUT2D eigenvalue weighted by molar-refractivity contribution is 5.78. The van der Waals surface area contributed by atoms with Crippen LogP contribution >= 0.6 is 0 Å². The second kappa shape index (κ2) is 6.18. The van der Waals surface area contributed by atoms with E-state index in [1.165, 1.54) is 25.8 Å². The number of hydrogen-bond acceptors (Lipinski definition) is 2. The molecule has 1 fully saturated rings. The maximum Gasteiger partial charge on any atom is 0.133 e. The molecule has 1 heterocycles. The van der Waals surface area contributed by atoms with E-state index in [1.54, 1.807) is 6.92 Å². The summed E-state index contributed by atoms with van der Waals surface area (Å²) in [5.41, 5.74) is 0. The molecule has 0 radical (unpaired) electrons. The third kappa shape index (κ3) is 3.79. The molecule has 0 atom stereocenters. The van der Waals surface area contributed by atoms with Crippen LogP contribution < -0.4 is 0 Å². The van der Waals surface area contributed by atoms with Crippen molar-refractivity contribution < 1.29 is 4.79 Å². The molecule has 0 aromatic rings. The average Bonchev–Trinajstić information content (AvgIpc) is 2.19. The molecule has 0 amide bonds. The van der Waals surface area contributed by atoms with Crippen LogP contribution in [0.2, 0.25) is 0 Å². The summed E-state index contributed by atoms with van der Waals surface area (Å²) >= 11 is 0. The molecule has 82 valence electrons. The fraction of sp³-hybridized carbons (Fsp3) is 0.917. The lowest BCUT2D eigenvalue weighted by Gasteiger charge is -2.30. The van der Waals surface area contributed by atoms with E-state index in [1.807, 2.05) is 0 Å². The van der Waals surface area contributed by atoms with Gasteiger partial charge in [0.15, 0.2) is 0 Å². The van der Waals surface area contributed by atoms with Crippen LogP contribution in [0.4, 0.5) is 0 Å². The smallest absolute Gasteiger partial charge is 0.133 e. The summed E-state index contributed by atoms with van der Waals surface area (Å²) in [4.78, 5) is 13.7. The van der Waals surface area contributed by atoms with Crippen LogP contribution in [0.3, 0.4) is 0 Å². The normalized spacial score (nSPS) is 19.9. The Kier molecular flexibility index (Phi) is 5.16. The third-order valence-electron chi connectivity index (χ3n) is 3.24. The van der Waals surface area contributed by atoms with Gasteiger partial charge in [0.25, 0.3) is 0 Å². The van der Waals surface area contributed by atoms with Gasteiger partial charge in [-0.05, 0) is 45.8 Å². The SMILES string of the molecule is CCCCCN1CCC(C(C)=O)CC1. The van der Waals surface area contributed by atoms with Gasteiger partial charge in [0, 0.05) is 5.92 Å². The first-order valence-electron chi connectivity index (χ1n) is 5.97. The topological polar surface area (TPSA) is 20.3 Å². The van der Waals surface area contributed by atoms with Gasteiger partial charge in [-0.15, -0.1) is 0 Å². The molecule has 1 saturated heterocycles. The maximum atomic E-state index is 11.1. The van der Waals surface area contributed by atoms with Crippen molar-refractivity contribution in [2.45, 2.75) is 46.0 Å². The van der Waals surface area contributed by atoms with Gasteiger partial charge in [0.05, 0.1) is 0 Å². The van der Waals surface area contributed by atoms with Crippen molar-refractivity contribution in [3.63, 3.8) is 0 Å². The van der Waals surface area contributed by atoms with Crippen LogP contribution in [0.1, 0.15) is 46.0 Å². The molecule has 0 bridgehead atoms. The second-order valence-corrected chi connectivity index (χ2v) is 4.43. The summed E-state index contributed by atoms with van der Waals surface area (Å²) in [5, 5.41) is 0. The molecule has 2 nitrogen and oxygen atoms in total. The Morgan fingerprint density at radius 2 is 1.93 bits per heavy atom. The molecular formula is C12H23NO. The molecule has 14 heavy (non-hydrogen) atoms. The van der Waals surface area contributed by atoms with Gasteiger partial charge in [0.2, 0.25) is 0 Å². The van der Waals surface area contributed by atoms with Crippen molar-refractivity contribution in [2.24, 2.45) is 5.92 Å². The summed E-state index contributed by atoms with van der Waals surface area (Å²) in [7, 11) is 0. The number of unbranched alkanes of at least 4 members (excludes halogenated alkanes) is 2. The predicted molar refractivity (Wildman–Crippen MR) is 59.4 cm³/mol. The molecule has 0 aromatic heterocycles. The molecule has 0 aromatic carbocycles. The minimum Gasteiger partial charge on any atom is -0.303 e. The monoisotopic (exact) mass is 197 g/mol. The molecule has 1 aliphatic heterocycles. The van der Waals surface area contributed by atoms with Crippen LogP contribution in [0.15, 0.2) is 0 Å².